The first kappa shape index (κ1) is 11.0. The van der Waals surface area contributed by atoms with Crippen molar-refractivity contribution < 1.29 is 4.74 Å². The van der Waals surface area contributed by atoms with E-state index >= 15 is 0 Å². The average Bonchev–Trinajstić information content (AvgIpc) is 2.90. The Morgan fingerprint density at radius 3 is 2.25 bits per heavy atom. The van der Waals surface area contributed by atoms with Crippen molar-refractivity contribution in [2.24, 2.45) is 11.7 Å². The molecule has 3 rings (SSSR count). The van der Waals surface area contributed by atoms with Crippen molar-refractivity contribution in [3.63, 3.8) is 0 Å². The van der Waals surface area contributed by atoms with Gasteiger partial charge in [0.25, 0.3) is 0 Å². The fourth-order valence-electron chi connectivity index (χ4n) is 4.33. The predicted octanol–water partition coefficient (Wildman–Crippen LogP) is 3.00. The third-order valence-electron chi connectivity index (χ3n) is 5.36. The van der Waals surface area contributed by atoms with E-state index in [1.807, 2.05) is 0 Å². The van der Waals surface area contributed by atoms with Gasteiger partial charge >= 0.3 is 0 Å². The van der Waals surface area contributed by atoms with Crippen LogP contribution in [0.25, 0.3) is 0 Å². The first-order chi connectivity index (χ1) is 7.73. The summed E-state index contributed by atoms with van der Waals surface area (Å²) in [5.74, 6) is 0.738. The van der Waals surface area contributed by atoms with E-state index in [2.05, 4.69) is 0 Å². The Labute approximate surface area is 98.9 Å². The van der Waals surface area contributed by atoms with Crippen LogP contribution in [0.5, 0.6) is 0 Å². The predicted molar refractivity (Wildman–Crippen MR) is 65.3 cm³/mol. The Bertz CT molecular complexity index is 241. The first-order valence-electron chi connectivity index (χ1n) is 7.15. The highest BCUT2D eigenvalue weighted by atomic mass is 16.5. The molecule has 2 heteroatoms. The number of nitrogens with two attached hydrogens (primary N) is 1. The molecule has 2 nitrogen and oxygen atoms in total. The lowest BCUT2D eigenvalue weighted by Gasteiger charge is -2.44. The van der Waals surface area contributed by atoms with Crippen LogP contribution in [-0.2, 0) is 4.74 Å². The molecule has 0 aromatic heterocycles. The van der Waals surface area contributed by atoms with Crippen LogP contribution in [0, 0.1) is 5.92 Å². The first-order valence-corrected chi connectivity index (χ1v) is 7.15. The minimum Gasteiger partial charge on any atom is -0.375 e. The summed E-state index contributed by atoms with van der Waals surface area (Å²) in [6.07, 6.45) is 13.0. The van der Waals surface area contributed by atoms with Crippen molar-refractivity contribution in [2.45, 2.75) is 75.3 Å². The Kier molecular flexibility index (Phi) is 2.75. The summed E-state index contributed by atoms with van der Waals surface area (Å²) in [6, 6.07) is 0. The number of ether oxygens (including phenoxy) is 1. The van der Waals surface area contributed by atoms with Gasteiger partial charge < -0.3 is 10.5 Å². The molecule has 1 heterocycles. The molecule has 1 unspecified atom stereocenters. The summed E-state index contributed by atoms with van der Waals surface area (Å²) in [5, 5.41) is 0. The molecule has 0 aromatic rings. The summed E-state index contributed by atoms with van der Waals surface area (Å²) < 4.78 is 6.11. The van der Waals surface area contributed by atoms with Gasteiger partial charge in [-0.1, -0.05) is 25.7 Å². The average molecular weight is 223 g/mol. The molecule has 16 heavy (non-hydrogen) atoms. The molecule has 3 fully saturated rings. The van der Waals surface area contributed by atoms with Gasteiger partial charge in [0.2, 0.25) is 0 Å². The SMILES string of the molecule is NC1(C2CCOC3(CCCC3)C2)CCCC1. The zero-order chi connectivity index (χ0) is 11.1. The van der Waals surface area contributed by atoms with E-state index in [9.17, 15) is 0 Å². The normalized spacial score (nSPS) is 36.9. The van der Waals surface area contributed by atoms with Gasteiger partial charge in [-0.05, 0) is 44.4 Å². The molecule has 1 spiro atoms. The summed E-state index contributed by atoms with van der Waals surface area (Å²) in [5.41, 5.74) is 7.04. The molecule has 0 amide bonds. The van der Waals surface area contributed by atoms with Crippen LogP contribution in [0.15, 0.2) is 0 Å². The fraction of sp³-hybridized carbons (Fsp3) is 1.00. The van der Waals surface area contributed by atoms with Crippen LogP contribution < -0.4 is 5.73 Å². The minimum atomic E-state index is 0.166. The third kappa shape index (κ3) is 1.80. The molecule has 92 valence electrons. The van der Waals surface area contributed by atoms with Crippen molar-refractivity contribution >= 4 is 0 Å². The monoisotopic (exact) mass is 223 g/mol. The molecule has 1 saturated heterocycles. The topological polar surface area (TPSA) is 35.2 Å². The van der Waals surface area contributed by atoms with Crippen molar-refractivity contribution in [1.82, 2.24) is 0 Å². The highest BCUT2D eigenvalue weighted by Crippen LogP contribution is 2.47. The zero-order valence-corrected chi connectivity index (χ0v) is 10.3. The molecular weight excluding hydrogens is 198 g/mol. The van der Waals surface area contributed by atoms with Gasteiger partial charge in [-0.25, -0.2) is 0 Å². The maximum Gasteiger partial charge on any atom is 0.0685 e. The van der Waals surface area contributed by atoms with E-state index in [1.165, 1.54) is 64.2 Å². The quantitative estimate of drug-likeness (QED) is 0.741. The van der Waals surface area contributed by atoms with E-state index < -0.39 is 0 Å². The van der Waals surface area contributed by atoms with Crippen molar-refractivity contribution in [1.29, 1.82) is 0 Å². The standard InChI is InChI=1S/C14H25NO/c15-14(8-3-4-9-14)12-5-10-16-13(11-12)6-1-2-7-13/h12H,1-11,15H2. The lowest BCUT2D eigenvalue weighted by atomic mass is 9.73. The summed E-state index contributed by atoms with van der Waals surface area (Å²) in [4.78, 5) is 0. The second kappa shape index (κ2) is 3.99. The Hall–Kier alpha value is -0.0800. The Morgan fingerprint density at radius 1 is 0.938 bits per heavy atom. The second-order valence-corrected chi connectivity index (χ2v) is 6.37. The molecule has 0 aromatic carbocycles. The molecule has 2 aliphatic carbocycles. The number of hydrogen-bond acceptors (Lipinski definition) is 2. The van der Waals surface area contributed by atoms with E-state index in [4.69, 9.17) is 10.5 Å². The van der Waals surface area contributed by atoms with Gasteiger partial charge in [0.1, 0.15) is 0 Å². The second-order valence-electron chi connectivity index (χ2n) is 6.37. The van der Waals surface area contributed by atoms with Crippen molar-refractivity contribution in [3.05, 3.63) is 0 Å². The van der Waals surface area contributed by atoms with Crippen LogP contribution in [0.2, 0.25) is 0 Å². The van der Waals surface area contributed by atoms with E-state index in [1.54, 1.807) is 0 Å². The number of rotatable bonds is 1. The van der Waals surface area contributed by atoms with Gasteiger partial charge in [0, 0.05) is 12.1 Å². The van der Waals surface area contributed by atoms with Crippen LogP contribution in [0.4, 0.5) is 0 Å². The van der Waals surface area contributed by atoms with Crippen molar-refractivity contribution in [3.8, 4) is 0 Å². The van der Waals surface area contributed by atoms with Gasteiger partial charge in [-0.2, -0.15) is 0 Å². The van der Waals surface area contributed by atoms with E-state index in [0.717, 1.165) is 12.5 Å². The summed E-state index contributed by atoms with van der Waals surface area (Å²) >= 11 is 0. The van der Waals surface area contributed by atoms with E-state index in [-0.39, 0.29) is 11.1 Å². The third-order valence-corrected chi connectivity index (χ3v) is 5.36. The molecule has 0 radical (unpaired) electrons. The molecule has 3 aliphatic rings. The lowest BCUT2D eigenvalue weighted by molar-refractivity contribution is -0.104. The van der Waals surface area contributed by atoms with Crippen LogP contribution in [-0.4, -0.2) is 17.7 Å². The maximum absolute atomic E-state index is 6.63. The Morgan fingerprint density at radius 2 is 1.56 bits per heavy atom. The molecule has 0 bridgehead atoms. The van der Waals surface area contributed by atoms with Gasteiger partial charge in [0.15, 0.2) is 0 Å². The van der Waals surface area contributed by atoms with Crippen molar-refractivity contribution in [2.75, 3.05) is 6.61 Å². The fourth-order valence-corrected chi connectivity index (χ4v) is 4.33. The van der Waals surface area contributed by atoms with Gasteiger partial charge in [0.05, 0.1) is 5.60 Å². The van der Waals surface area contributed by atoms with Crippen LogP contribution in [0.3, 0.4) is 0 Å². The maximum atomic E-state index is 6.63. The van der Waals surface area contributed by atoms with Crippen LogP contribution in [0.1, 0.15) is 64.2 Å². The highest BCUT2D eigenvalue weighted by Gasteiger charge is 2.46. The summed E-state index contributed by atoms with van der Waals surface area (Å²) in [7, 11) is 0. The van der Waals surface area contributed by atoms with E-state index in [0.29, 0.717) is 0 Å². The minimum absolute atomic E-state index is 0.166. The number of hydrogen-bond donors (Lipinski definition) is 1. The van der Waals surface area contributed by atoms with Gasteiger partial charge in [-0.15, -0.1) is 0 Å². The largest absolute Gasteiger partial charge is 0.375 e. The molecule has 1 aliphatic heterocycles. The molecule has 2 saturated carbocycles. The molecule has 1 atom stereocenters. The zero-order valence-electron chi connectivity index (χ0n) is 10.3. The smallest absolute Gasteiger partial charge is 0.0685 e. The highest BCUT2D eigenvalue weighted by molar-refractivity contribution is 5.01. The molecular formula is C14H25NO. The Balaban J connectivity index is 1.72. The van der Waals surface area contributed by atoms with Gasteiger partial charge in [-0.3, -0.25) is 0 Å². The summed E-state index contributed by atoms with van der Waals surface area (Å²) in [6.45, 7) is 0.962. The molecule has 2 N–H and O–H groups in total. The van der Waals surface area contributed by atoms with Crippen LogP contribution >= 0.6 is 0 Å². The lowest BCUT2D eigenvalue weighted by Crippen LogP contribution is -2.51.